The maximum atomic E-state index is 5.91. The highest BCUT2D eigenvalue weighted by molar-refractivity contribution is 7.16. The van der Waals surface area contributed by atoms with Gasteiger partial charge in [-0.05, 0) is 51.2 Å². The lowest BCUT2D eigenvalue weighted by Crippen LogP contribution is -2.25. The Morgan fingerprint density at radius 3 is 2.76 bits per heavy atom. The summed E-state index contributed by atoms with van der Waals surface area (Å²) in [6, 6.07) is 4.08. The van der Waals surface area contributed by atoms with E-state index in [1.54, 1.807) is 11.3 Å². The number of hydrogen-bond acceptors (Lipinski definition) is 3. The van der Waals surface area contributed by atoms with Crippen LogP contribution in [0.3, 0.4) is 0 Å². The zero-order chi connectivity index (χ0) is 12.7. The summed E-state index contributed by atoms with van der Waals surface area (Å²) in [6.45, 7) is 8.82. The van der Waals surface area contributed by atoms with Crippen molar-refractivity contribution in [3.63, 3.8) is 0 Å². The molecule has 2 nitrogen and oxygen atoms in total. The highest BCUT2D eigenvalue weighted by atomic mass is 35.5. The summed E-state index contributed by atoms with van der Waals surface area (Å²) in [5.74, 6) is 0.737. The molecule has 0 unspecified atom stereocenters. The zero-order valence-corrected chi connectivity index (χ0v) is 12.6. The van der Waals surface area contributed by atoms with Crippen molar-refractivity contribution in [2.75, 3.05) is 26.7 Å². The average Bonchev–Trinajstić information content (AvgIpc) is 2.63. The maximum Gasteiger partial charge on any atom is 0.0931 e. The first-order valence-electron chi connectivity index (χ1n) is 6.21. The summed E-state index contributed by atoms with van der Waals surface area (Å²) in [5.41, 5.74) is 0. The fourth-order valence-corrected chi connectivity index (χ4v) is 2.81. The van der Waals surface area contributed by atoms with E-state index in [-0.39, 0.29) is 0 Å². The second-order valence-electron chi connectivity index (χ2n) is 4.90. The van der Waals surface area contributed by atoms with Crippen molar-refractivity contribution in [2.45, 2.75) is 26.8 Å². The molecule has 1 rings (SSSR count). The monoisotopic (exact) mass is 274 g/mol. The lowest BCUT2D eigenvalue weighted by molar-refractivity contribution is 0.321. The molecule has 0 fully saturated rings. The summed E-state index contributed by atoms with van der Waals surface area (Å²) in [6.07, 6.45) is 1.20. The van der Waals surface area contributed by atoms with E-state index in [2.05, 4.69) is 37.2 Å². The predicted molar refractivity (Wildman–Crippen MR) is 78.0 cm³/mol. The Morgan fingerprint density at radius 2 is 2.18 bits per heavy atom. The van der Waals surface area contributed by atoms with Crippen LogP contribution in [0.2, 0.25) is 4.34 Å². The molecule has 0 spiro atoms. The van der Waals surface area contributed by atoms with Gasteiger partial charge in [0.1, 0.15) is 0 Å². The molecular weight excluding hydrogens is 252 g/mol. The number of nitrogens with zero attached hydrogens (tertiary/aromatic N) is 1. The van der Waals surface area contributed by atoms with Gasteiger partial charge in [-0.15, -0.1) is 11.3 Å². The molecule has 0 aliphatic carbocycles. The van der Waals surface area contributed by atoms with Gasteiger partial charge in [0, 0.05) is 11.4 Å². The van der Waals surface area contributed by atoms with Gasteiger partial charge in [-0.25, -0.2) is 0 Å². The van der Waals surface area contributed by atoms with E-state index in [9.17, 15) is 0 Å². The average molecular weight is 275 g/mol. The van der Waals surface area contributed by atoms with Crippen LogP contribution in [0.15, 0.2) is 12.1 Å². The molecular formula is C13H23ClN2S. The van der Waals surface area contributed by atoms with E-state index in [1.807, 2.05) is 6.07 Å². The van der Waals surface area contributed by atoms with Gasteiger partial charge in [0.2, 0.25) is 0 Å². The first kappa shape index (κ1) is 15.0. The molecule has 0 bridgehead atoms. The number of rotatable bonds is 8. The summed E-state index contributed by atoms with van der Waals surface area (Å²) in [5, 5.41) is 3.46. The number of hydrogen-bond donors (Lipinski definition) is 1. The Hall–Kier alpha value is -0.0900. The van der Waals surface area contributed by atoms with Crippen molar-refractivity contribution in [3.8, 4) is 0 Å². The minimum Gasteiger partial charge on any atom is -0.316 e. The van der Waals surface area contributed by atoms with Crippen LogP contribution in [-0.4, -0.2) is 31.6 Å². The fraction of sp³-hybridized carbons (Fsp3) is 0.692. The van der Waals surface area contributed by atoms with Gasteiger partial charge < -0.3 is 10.2 Å². The molecule has 0 saturated carbocycles. The lowest BCUT2D eigenvalue weighted by Gasteiger charge is -2.15. The minimum atomic E-state index is 0.737. The maximum absolute atomic E-state index is 5.91. The third kappa shape index (κ3) is 7.04. The predicted octanol–water partition coefficient (Wildman–Crippen LogP) is 3.47. The fourth-order valence-electron chi connectivity index (χ4n) is 1.65. The normalized spacial score (nSPS) is 11.6. The molecule has 17 heavy (non-hydrogen) atoms. The molecule has 1 N–H and O–H groups in total. The standard InChI is InChI=1S/C13H23ClN2S/c1-11(2)9-15-7-4-8-16(3)10-12-5-6-13(14)17-12/h5-6,11,15H,4,7-10H2,1-3H3. The quantitative estimate of drug-likeness (QED) is 0.731. The molecule has 0 aliphatic rings. The summed E-state index contributed by atoms with van der Waals surface area (Å²) in [7, 11) is 2.16. The number of halogens is 1. The van der Waals surface area contributed by atoms with Gasteiger partial charge in [0.25, 0.3) is 0 Å². The molecule has 0 saturated heterocycles. The Kier molecular flexibility index (Phi) is 7.12. The molecule has 0 aliphatic heterocycles. The van der Waals surface area contributed by atoms with Gasteiger partial charge >= 0.3 is 0 Å². The van der Waals surface area contributed by atoms with Gasteiger partial charge in [0.15, 0.2) is 0 Å². The van der Waals surface area contributed by atoms with Crippen LogP contribution in [0, 0.1) is 5.92 Å². The second kappa shape index (κ2) is 8.09. The SMILES string of the molecule is CC(C)CNCCCN(C)Cc1ccc(Cl)s1. The van der Waals surface area contributed by atoms with E-state index in [0.717, 1.165) is 36.4 Å². The van der Waals surface area contributed by atoms with Gasteiger partial charge in [-0.1, -0.05) is 25.4 Å². The third-order valence-corrected chi connectivity index (χ3v) is 3.72. The molecule has 1 aromatic rings. The molecule has 0 radical (unpaired) electrons. The van der Waals surface area contributed by atoms with Crippen molar-refractivity contribution in [2.24, 2.45) is 5.92 Å². The van der Waals surface area contributed by atoms with Crippen LogP contribution in [-0.2, 0) is 6.54 Å². The highest BCUT2D eigenvalue weighted by Crippen LogP contribution is 2.22. The highest BCUT2D eigenvalue weighted by Gasteiger charge is 2.02. The van der Waals surface area contributed by atoms with Crippen LogP contribution < -0.4 is 5.32 Å². The van der Waals surface area contributed by atoms with Crippen molar-refractivity contribution in [3.05, 3.63) is 21.3 Å². The van der Waals surface area contributed by atoms with E-state index < -0.39 is 0 Å². The zero-order valence-electron chi connectivity index (χ0n) is 11.0. The Balaban J connectivity index is 2.07. The molecule has 1 aromatic heterocycles. The first-order chi connectivity index (χ1) is 8.08. The topological polar surface area (TPSA) is 15.3 Å². The largest absolute Gasteiger partial charge is 0.316 e. The van der Waals surface area contributed by atoms with E-state index >= 15 is 0 Å². The molecule has 0 aromatic carbocycles. The van der Waals surface area contributed by atoms with Crippen LogP contribution in [0.4, 0.5) is 0 Å². The lowest BCUT2D eigenvalue weighted by atomic mass is 10.2. The van der Waals surface area contributed by atoms with Crippen LogP contribution in [0.25, 0.3) is 0 Å². The molecule has 0 atom stereocenters. The summed E-state index contributed by atoms with van der Waals surface area (Å²) in [4.78, 5) is 3.69. The van der Waals surface area contributed by atoms with E-state index in [1.165, 1.54) is 11.3 Å². The van der Waals surface area contributed by atoms with Gasteiger partial charge in [-0.2, -0.15) is 0 Å². The third-order valence-electron chi connectivity index (χ3n) is 2.50. The molecule has 1 heterocycles. The van der Waals surface area contributed by atoms with Gasteiger partial charge in [-0.3, -0.25) is 0 Å². The first-order valence-corrected chi connectivity index (χ1v) is 7.41. The van der Waals surface area contributed by atoms with Crippen LogP contribution in [0.5, 0.6) is 0 Å². The smallest absolute Gasteiger partial charge is 0.0931 e. The molecule has 0 amide bonds. The number of thiophene rings is 1. The van der Waals surface area contributed by atoms with Crippen molar-refractivity contribution in [1.82, 2.24) is 10.2 Å². The molecule has 4 heteroatoms. The van der Waals surface area contributed by atoms with Gasteiger partial charge in [0.05, 0.1) is 4.34 Å². The Bertz CT molecular complexity index is 312. The number of nitrogens with one attached hydrogen (secondary N) is 1. The van der Waals surface area contributed by atoms with Crippen LogP contribution >= 0.6 is 22.9 Å². The summed E-state index contributed by atoms with van der Waals surface area (Å²) >= 11 is 7.58. The Morgan fingerprint density at radius 1 is 1.41 bits per heavy atom. The Labute approximate surface area is 114 Å². The second-order valence-corrected chi connectivity index (χ2v) is 6.69. The summed E-state index contributed by atoms with van der Waals surface area (Å²) < 4.78 is 0.881. The van der Waals surface area contributed by atoms with Crippen LogP contribution in [0.1, 0.15) is 25.1 Å². The molecule has 98 valence electrons. The van der Waals surface area contributed by atoms with Crippen molar-refractivity contribution >= 4 is 22.9 Å². The van der Waals surface area contributed by atoms with E-state index in [0.29, 0.717) is 0 Å². The van der Waals surface area contributed by atoms with Crippen molar-refractivity contribution in [1.29, 1.82) is 0 Å². The minimum absolute atomic E-state index is 0.737. The van der Waals surface area contributed by atoms with Crippen molar-refractivity contribution < 1.29 is 0 Å². The van der Waals surface area contributed by atoms with E-state index in [4.69, 9.17) is 11.6 Å².